The second-order valence-corrected chi connectivity index (χ2v) is 3.24. The molecule has 0 aromatic carbocycles. The molecule has 0 spiro atoms. The van der Waals surface area contributed by atoms with Crippen LogP contribution < -0.4 is 0 Å². The van der Waals surface area contributed by atoms with E-state index in [2.05, 4.69) is 0 Å². The van der Waals surface area contributed by atoms with Crippen molar-refractivity contribution in [2.45, 2.75) is 20.3 Å². The Morgan fingerprint density at radius 1 is 1.36 bits per heavy atom. The van der Waals surface area contributed by atoms with Gasteiger partial charge in [0.2, 0.25) is 0 Å². The van der Waals surface area contributed by atoms with Crippen molar-refractivity contribution in [1.82, 2.24) is 0 Å². The summed E-state index contributed by atoms with van der Waals surface area (Å²) in [4.78, 5) is 33.7. The Balaban J connectivity index is 2.92. The minimum absolute atomic E-state index is 0.0206. The fourth-order valence-corrected chi connectivity index (χ4v) is 1.34. The van der Waals surface area contributed by atoms with Crippen molar-refractivity contribution >= 4 is 17.3 Å². The summed E-state index contributed by atoms with van der Waals surface area (Å²) >= 11 is 0. The van der Waals surface area contributed by atoms with Crippen LogP contribution in [0, 0.1) is 5.92 Å². The van der Waals surface area contributed by atoms with Crippen LogP contribution in [0.5, 0.6) is 0 Å². The molecule has 0 aromatic heterocycles. The number of ketones is 3. The first-order valence-electron chi connectivity index (χ1n) is 4.57. The number of hydrogen-bond acceptors (Lipinski definition) is 3. The molecule has 1 aliphatic carbocycles. The number of rotatable bonds is 3. The quantitative estimate of drug-likeness (QED) is 0.632. The van der Waals surface area contributed by atoms with Gasteiger partial charge in [0.1, 0.15) is 5.78 Å². The van der Waals surface area contributed by atoms with Crippen LogP contribution in [0.4, 0.5) is 0 Å². The first kappa shape index (κ1) is 10.6. The third kappa shape index (κ3) is 2.05. The summed E-state index contributed by atoms with van der Waals surface area (Å²) in [6.45, 7) is 3.40. The summed E-state index contributed by atoms with van der Waals surface area (Å²) in [5, 5.41) is 0. The van der Waals surface area contributed by atoms with Crippen LogP contribution in [-0.2, 0) is 14.4 Å². The van der Waals surface area contributed by atoms with Crippen LogP contribution in [0.25, 0.3) is 0 Å². The number of Topliss-reactive ketones (excluding diaryl/α,β-unsaturated/α-hetero) is 1. The van der Waals surface area contributed by atoms with Crippen molar-refractivity contribution in [1.29, 1.82) is 0 Å². The minimum Gasteiger partial charge on any atom is -0.299 e. The number of hydrogen-bond donors (Lipinski definition) is 0. The van der Waals surface area contributed by atoms with Gasteiger partial charge in [0.15, 0.2) is 11.6 Å². The molecule has 0 heterocycles. The third-order valence-corrected chi connectivity index (χ3v) is 2.28. The monoisotopic (exact) mass is 192 g/mol. The second kappa shape index (κ2) is 4.13. The Kier molecular flexibility index (Phi) is 3.12. The highest BCUT2D eigenvalue weighted by Gasteiger charge is 2.23. The van der Waals surface area contributed by atoms with Crippen LogP contribution in [0.15, 0.2) is 23.8 Å². The molecule has 1 rings (SSSR count). The van der Waals surface area contributed by atoms with Gasteiger partial charge >= 0.3 is 0 Å². The van der Waals surface area contributed by atoms with Gasteiger partial charge in [-0.2, -0.15) is 0 Å². The molecule has 0 aromatic rings. The molecule has 1 atom stereocenters. The number of carbonyl (C=O) groups is 3. The van der Waals surface area contributed by atoms with Gasteiger partial charge in [0.05, 0.1) is 0 Å². The van der Waals surface area contributed by atoms with E-state index in [1.807, 2.05) is 0 Å². The van der Waals surface area contributed by atoms with E-state index in [9.17, 15) is 14.4 Å². The van der Waals surface area contributed by atoms with Gasteiger partial charge in [-0.3, -0.25) is 14.4 Å². The largest absolute Gasteiger partial charge is 0.299 e. The Bertz CT molecular complexity index is 348. The van der Waals surface area contributed by atoms with Crippen LogP contribution >= 0.6 is 0 Å². The molecule has 0 saturated heterocycles. The molecule has 1 unspecified atom stereocenters. The summed E-state index contributed by atoms with van der Waals surface area (Å²) in [7, 11) is 0. The van der Waals surface area contributed by atoms with Gasteiger partial charge in [-0.15, -0.1) is 0 Å². The van der Waals surface area contributed by atoms with E-state index < -0.39 is 5.92 Å². The number of carbonyl (C=O) groups excluding carboxylic acids is 3. The Hall–Kier alpha value is -1.51. The highest BCUT2D eigenvalue weighted by Crippen LogP contribution is 2.17. The Morgan fingerprint density at radius 3 is 2.57 bits per heavy atom. The van der Waals surface area contributed by atoms with Crippen molar-refractivity contribution in [2.24, 2.45) is 5.92 Å². The lowest BCUT2D eigenvalue weighted by molar-refractivity contribution is -0.123. The molecular formula is C11H12O3. The summed E-state index contributed by atoms with van der Waals surface area (Å²) < 4.78 is 0. The Morgan fingerprint density at radius 2 is 2.00 bits per heavy atom. The molecule has 1 aliphatic rings. The number of allylic oxidation sites excluding steroid dienone is 4. The zero-order valence-electron chi connectivity index (χ0n) is 8.24. The average molecular weight is 192 g/mol. The standard InChI is InChI=1S/C11H12O3/c1-3-10(13)7(2)9-6-8(12)4-5-11(9)14/h4-7H,3H2,1-2H3. The molecule has 0 fully saturated rings. The van der Waals surface area contributed by atoms with Crippen LogP contribution in [-0.4, -0.2) is 17.3 Å². The highest BCUT2D eigenvalue weighted by atomic mass is 16.1. The zero-order chi connectivity index (χ0) is 10.7. The van der Waals surface area contributed by atoms with E-state index in [1.165, 1.54) is 18.2 Å². The normalized spacial score (nSPS) is 18.0. The van der Waals surface area contributed by atoms with Crippen LogP contribution in [0.2, 0.25) is 0 Å². The maximum absolute atomic E-state index is 11.3. The van der Waals surface area contributed by atoms with E-state index in [-0.39, 0.29) is 17.3 Å². The van der Waals surface area contributed by atoms with Gasteiger partial charge in [-0.05, 0) is 18.2 Å². The molecule has 3 heteroatoms. The predicted octanol–water partition coefficient (Wildman–Crippen LogP) is 1.24. The lowest BCUT2D eigenvalue weighted by Crippen LogP contribution is -2.20. The average Bonchev–Trinajstić information content (AvgIpc) is 2.19. The molecule has 74 valence electrons. The molecule has 3 nitrogen and oxygen atoms in total. The van der Waals surface area contributed by atoms with E-state index in [0.717, 1.165) is 0 Å². The minimum atomic E-state index is -0.471. The molecule has 0 N–H and O–H groups in total. The van der Waals surface area contributed by atoms with Crippen LogP contribution in [0.1, 0.15) is 20.3 Å². The van der Waals surface area contributed by atoms with Gasteiger partial charge < -0.3 is 0 Å². The zero-order valence-corrected chi connectivity index (χ0v) is 8.24. The maximum Gasteiger partial charge on any atom is 0.182 e. The SMILES string of the molecule is CCC(=O)C(C)C1=CC(=O)C=CC1=O. The molecular weight excluding hydrogens is 180 g/mol. The fourth-order valence-electron chi connectivity index (χ4n) is 1.34. The van der Waals surface area contributed by atoms with E-state index >= 15 is 0 Å². The molecule has 14 heavy (non-hydrogen) atoms. The first-order valence-corrected chi connectivity index (χ1v) is 4.57. The van der Waals surface area contributed by atoms with Crippen molar-refractivity contribution in [2.75, 3.05) is 0 Å². The summed E-state index contributed by atoms with van der Waals surface area (Å²) in [6.07, 6.45) is 4.07. The van der Waals surface area contributed by atoms with Crippen molar-refractivity contribution < 1.29 is 14.4 Å². The van der Waals surface area contributed by atoms with E-state index in [1.54, 1.807) is 13.8 Å². The van der Waals surface area contributed by atoms with Gasteiger partial charge in [-0.25, -0.2) is 0 Å². The molecule has 0 aliphatic heterocycles. The van der Waals surface area contributed by atoms with Crippen molar-refractivity contribution in [3.05, 3.63) is 23.8 Å². The molecule has 0 amide bonds. The topological polar surface area (TPSA) is 51.2 Å². The van der Waals surface area contributed by atoms with E-state index in [0.29, 0.717) is 12.0 Å². The molecule has 0 bridgehead atoms. The van der Waals surface area contributed by atoms with Gasteiger partial charge in [0.25, 0.3) is 0 Å². The van der Waals surface area contributed by atoms with E-state index in [4.69, 9.17) is 0 Å². The highest BCUT2D eigenvalue weighted by molar-refractivity contribution is 6.19. The Labute approximate surface area is 82.5 Å². The molecule has 0 radical (unpaired) electrons. The van der Waals surface area contributed by atoms with Gasteiger partial charge in [-0.1, -0.05) is 13.8 Å². The fraction of sp³-hybridized carbons (Fsp3) is 0.364. The lowest BCUT2D eigenvalue weighted by atomic mass is 9.88. The second-order valence-electron chi connectivity index (χ2n) is 3.24. The molecule has 0 saturated carbocycles. The summed E-state index contributed by atoms with van der Waals surface area (Å²) in [5.74, 6) is -0.955. The van der Waals surface area contributed by atoms with Crippen LogP contribution in [0.3, 0.4) is 0 Å². The predicted molar refractivity (Wildman–Crippen MR) is 51.7 cm³/mol. The van der Waals surface area contributed by atoms with Gasteiger partial charge in [0, 0.05) is 17.9 Å². The lowest BCUT2D eigenvalue weighted by Gasteiger charge is -2.12. The maximum atomic E-state index is 11.3. The smallest absolute Gasteiger partial charge is 0.182 e. The summed E-state index contributed by atoms with van der Waals surface area (Å²) in [6, 6.07) is 0. The first-order chi connectivity index (χ1) is 6.56. The third-order valence-electron chi connectivity index (χ3n) is 2.28. The van der Waals surface area contributed by atoms with Crippen molar-refractivity contribution in [3.8, 4) is 0 Å². The summed E-state index contributed by atoms with van der Waals surface area (Å²) in [5.41, 5.74) is 0.310. The van der Waals surface area contributed by atoms with Crippen molar-refractivity contribution in [3.63, 3.8) is 0 Å².